The summed E-state index contributed by atoms with van der Waals surface area (Å²) in [6.45, 7) is 4.76. The van der Waals surface area contributed by atoms with Crippen molar-refractivity contribution in [1.29, 1.82) is 0 Å². The Hall–Kier alpha value is -1.94. The molecule has 1 amide bonds. The van der Waals surface area contributed by atoms with E-state index in [0.29, 0.717) is 12.5 Å². The normalized spacial score (nSPS) is 10.6. The molecule has 1 aromatic heterocycles. The molecular formula is C15H16ClN3O. The Kier molecular flexibility index (Phi) is 4.69. The lowest BCUT2D eigenvalue weighted by molar-refractivity contribution is 0.0945. The van der Waals surface area contributed by atoms with Gasteiger partial charge in [-0.15, -0.1) is 10.2 Å². The van der Waals surface area contributed by atoms with Crippen LogP contribution in [0.2, 0.25) is 5.15 Å². The van der Waals surface area contributed by atoms with Gasteiger partial charge in [0.2, 0.25) is 0 Å². The molecule has 0 spiro atoms. The number of halogens is 1. The van der Waals surface area contributed by atoms with E-state index in [1.54, 1.807) is 12.1 Å². The van der Waals surface area contributed by atoms with Crippen LogP contribution >= 0.6 is 11.6 Å². The van der Waals surface area contributed by atoms with Gasteiger partial charge in [0, 0.05) is 6.54 Å². The van der Waals surface area contributed by atoms with Gasteiger partial charge >= 0.3 is 0 Å². The molecular weight excluding hydrogens is 274 g/mol. The summed E-state index contributed by atoms with van der Waals surface area (Å²) in [7, 11) is 0. The molecule has 104 valence electrons. The van der Waals surface area contributed by atoms with Gasteiger partial charge in [-0.3, -0.25) is 4.79 Å². The second kappa shape index (κ2) is 6.48. The molecule has 0 atom stereocenters. The molecule has 0 aliphatic carbocycles. The first kappa shape index (κ1) is 14.5. The monoisotopic (exact) mass is 289 g/mol. The minimum absolute atomic E-state index is 0.258. The fourth-order valence-electron chi connectivity index (χ4n) is 1.73. The van der Waals surface area contributed by atoms with E-state index in [1.807, 2.05) is 12.1 Å². The van der Waals surface area contributed by atoms with E-state index in [-0.39, 0.29) is 16.8 Å². The third-order valence-electron chi connectivity index (χ3n) is 2.96. The Morgan fingerprint density at radius 2 is 1.85 bits per heavy atom. The van der Waals surface area contributed by atoms with E-state index in [2.05, 4.69) is 41.5 Å². The molecule has 5 heteroatoms. The summed E-state index contributed by atoms with van der Waals surface area (Å²) in [4.78, 5) is 11.8. The molecule has 20 heavy (non-hydrogen) atoms. The van der Waals surface area contributed by atoms with Gasteiger partial charge in [-0.05, 0) is 29.2 Å². The highest BCUT2D eigenvalue weighted by Crippen LogP contribution is 2.14. The first-order valence-electron chi connectivity index (χ1n) is 6.42. The highest BCUT2D eigenvalue weighted by Gasteiger charge is 2.07. The smallest absolute Gasteiger partial charge is 0.272 e. The van der Waals surface area contributed by atoms with E-state index in [4.69, 9.17) is 11.6 Å². The van der Waals surface area contributed by atoms with Crippen LogP contribution in [-0.4, -0.2) is 16.1 Å². The number of carbonyl (C=O) groups excluding carboxylic acids is 1. The molecule has 0 aliphatic rings. The van der Waals surface area contributed by atoms with Crippen LogP contribution in [0.1, 0.15) is 41.4 Å². The molecule has 1 aromatic carbocycles. The van der Waals surface area contributed by atoms with Gasteiger partial charge in [-0.1, -0.05) is 49.7 Å². The van der Waals surface area contributed by atoms with Crippen LogP contribution < -0.4 is 5.32 Å². The van der Waals surface area contributed by atoms with Gasteiger partial charge < -0.3 is 5.32 Å². The number of amides is 1. The fourth-order valence-corrected chi connectivity index (χ4v) is 1.83. The number of hydrogen-bond donors (Lipinski definition) is 1. The van der Waals surface area contributed by atoms with E-state index in [9.17, 15) is 4.79 Å². The number of hydrogen-bond acceptors (Lipinski definition) is 3. The number of nitrogens with one attached hydrogen (secondary N) is 1. The van der Waals surface area contributed by atoms with Gasteiger partial charge in [0.1, 0.15) is 0 Å². The number of carbonyl (C=O) groups is 1. The van der Waals surface area contributed by atoms with Crippen LogP contribution in [-0.2, 0) is 6.54 Å². The summed E-state index contributed by atoms with van der Waals surface area (Å²) in [6.07, 6.45) is 0. The summed E-state index contributed by atoms with van der Waals surface area (Å²) in [5.74, 6) is 0.241. The van der Waals surface area contributed by atoms with Crippen molar-refractivity contribution in [2.75, 3.05) is 0 Å². The Bertz CT molecular complexity index is 579. The van der Waals surface area contributed by atoms with Crippen molar-refractivity contribution < 1.29 is 4.79 Å². The minimum Gasteiger partial charge on any atom is -0.347 e. The molecule has 0 saturated carbocycles. The first-order valence-corrected chi connectivity index (χ1v) is 6.80. The third kappa shape index (κ3) is 3.78. The van der Waals surface area contributed by atoms with E-state index in [1.165, 1.54) is 5.56 Å². The molecule has 0 radical (unpaired) electrons. The second-order valence-electron chi connectivity index (χ2n) is 4.82. The highest BCUT2D eigenvalue weighted by molar-refractivity contribution is 6.29. The zero-order valence-electron chi connectivity index (χ0n) is 11.4. The summed E-state index contributed by atoms with van der Waals surface area (Å²) in [6, 6.07) is 11.3. The third-order valence-corrected chi connectivity index (χ3v) is 3.17. The average molecular weight is 290 g/mol. The molecule has 1 heterocycles. The quantitative estimate of drug-likeness (QED) is 0.940. The predicted octanol–water partition coefficient (Wildman–Crippen LogP) is 3.18. The predicted molar refractivity (Wildman–Crippen MR) is 78.7 cm³/mol. The molecule has 2 rings (SSSR count). The van der Waals surface area contributed by atoms with E-state index in [0.717, 1.165) is 5.56 Å². The van der Waals surface area contributed by atoms with Gasteiger partial charge in [0.15, 0.2) is 10.8 Å². The Balaban J connectivity index is 1.94. The molecule has 0 aliphatic heterocycles. The van der Waals surface area contributed by atoms with Gasteiger partial charge in [0.25, 0.3) is 5.91 Å². The van der Waals surface area contributed by atoms with Crippen molar-refractivity contribution in [2.24, 2.45) is 0 Å². The maximum Gasteiger partial charge on any atom is 0.272 e. The lowest BCUT2D eigenvalue weighted by atomic mass is 10.0. The Morgan fingerprint density at radius 3 is 2.40 bits per heavy atom. The van der Waals surface area contributed by atoms with Crippen molar-refractivity contribution in [3.8, 4) is 0 Å². The van der Waals surface area contributed by atoms with Gasteiger partial charge in [-0.2, -0.15) is 0 Å². The SMILES string of the molecule is CC(C)c1ccc(CNC(=O)c2ccc(Cl)nn2)cc1. The van der Waals surface area contributed by atoms with Crippen LogP contribution in [0.5, 0.6) is 0 Å². The molecule has 1 N–H and O–H groups in total. The Labute approximate surface area is 123 Å². The molecule has 0 bridgehead atoms. The zero-order valence-corrected chi connectivity index (χ0v) is 12.2. The van der Waals surface area contributed by atoms with Crippen molar-refractivity contribution in [1.82, 2.24) is 15.5 Å². The molecule has 0 saturated heterocycles. The Morgan fingerprint density at radius 1 is 1.15 bits per heavy atom. The largest absolute Gasteiger partial charge is 0.347 e. The highest BCUT2D eigenvalue weighted by atomic mass is 35.5. The first-order chi connectivity index (χ1) is 9.56. The van der Waals surface area contributed by atoms with Crippen molar-refractivity contribution in [3.63, 3.8) is 0 Å². The lowest BCUT2D eigenvalue weighted by Crippen LogP contribution is -2.24. The van der Waals surface area contributed by atoms with Gasteiger partial charge in [0.05, 0.1) is 0 Å². The zero-order chi connectivity index (χ0) is 14.5. The summed E-state index contributed by atoms with van der Waals surface area (Å²) < 4.78 is 0. The molecule has 0 fully saturated rings. The number of rotatable bonds is 4. The van der Waals surface area contributed by atoms with Crippen molar-refractivity contribution in [3.05, 3.63) is 58.4 Å². The van der Waals surface area contributed by atoms with E-state index < -0.39 is 0 Å². The summed E-state index contributed by atoms with van der Waals surface area (Å²) in [5.41, 5.74) is 2.58. The molecule has 0 unspecified atom stereocenters. The topological polar surface area (TPSA) is 54.9 Å². The van der Waals surface area contributed by atoms with Gasteiger partial charge in [-0.25, -0.2) is 0 Å². The van der Waals surface area contributed by atoms with Crippen LogP contribution in [0.4, 0.5) is 0 Å². The number of benzene rings is 1. The maximum atomic E-state index is 11.8. The van der Waals surface area contributed by atoms with Crippen LogP contribution in [0.25, 0.3) is 0 Å². The second-order valence-corrected chi connectivity index (χ2v) is 5.21. The summed E-state index contributed by atoms with van der Waals surface area (Å²) in [5, 5.41) is 10.4. The van der Waals surface area contributed by atoms with E-state index >= 15 is 0 Å². The van der Waals surface area contributed by atoms with Crippen molar-refractivity contribution in [2.45, 2.75) is 26.3 Å². The maximum absolute atomic E-state index is 11.8. The number of aromatic nitrogens is 2. The van der Waals surface area contributed by atoms with Crippen molar-refractivity contribution >= 4 is 17.5 Å². The van der Waals surface area contributed by atoms with Crippen LogP contribution in [0, 0.1) is 0 Å². The number of nitrogens with zero attached hydrogens (tertiary/aromatic N) is 2. The molecule has 2 aromatic rings. The lowest BCUT2D eigenvalue weighted by Gasteiger charge is -2.08. The summed E-state index contributed by atoms with van der Waals surface area (Å²) >= 11 is 5.62. The minimum atomic E-state index is -0.262. The van der Waals surface area contributed by atoms with Crippen LogP contribution in [0.3, 0.4) is 0 Å². The molecule has 4 nitrogen and oxygen atoms in total. The standard InChI is InChI=1S/C15H16ClN3O/c1-10(2)12-5-3-11(4-6-12)9-17-15(20)13-7-8-14(16)19-18-13/h3-8,10H,9H2,1-2H3,(H,17,20). The average Bonchev–Trinajstić information content (AvgIpc) is 2.46. The van der Waals surface area contributed by atoms with Crippen LogP contribution in [0.15, 0.2) is 36.4 Å². The fraction of sp³-hybridized carbons (Fsp3) is 0.267.